The van der Waals surface area contributed by atoms with Crippen LogP contribution in [0.1, 0.15) is 17.8 Å². The third-order valence-corrected chi connectivity index (χ3v) is 4.38. The lowest BCUT2D eigenvalue weighted by atomic mass is 10.1. The third kappa shape index (κ3) is 3.26. The first-order valence-corrected chi connectivity index (χ1v) is 8.01. The van der Waals surface area contributed by atoms with Gasteiger partial charge in [0.2, 0.25) is 5.91 Å². The molecule has 0 aliphatic carbocycles. The normalized spacial score (nSPS) is 12.0. The Kier molecular flexibility index (Phi) is 4.34. The van der Waals surface area contributed by atoms with Crippen LogP contribution >= 0.6 is 11.3 Å². The molecule has 0 radical (unpaired) electrons. The van der Waals surface area contributed by atoms with E-state index in [1.54, 1.807) is 22.2 Å². The minimum Gasteiger partial charge on any atom is -0.349 e. The number of hydrogen-bond donors (Lipinski definition) is 1. The van der Waals surface area contributed by atoms with E-state index in [4.69, 9.17) is 0 Å². The molecule has 5 heteroatoms. The van der Waals surface area contributed by atoms with Crippen molar-refractivity contribution in [1.82, 2.24) is 15.1 Å². The fraction of sp³-hybridized carbons (Fsp3) is 0.176. The Morgan fingerprint density at radius 2 is 2.05 bits per heavy atom. The second-order valence-corrected chi connectivity index (χ2v) is 6.08. The van der Waals surface area contributed by atoms with Crippen molar-refractivity contribution in [3.8, 4) is 11.1 Å². The molecule has 1 N–H and O–H groups in total. The van der Waals surface area contributed by atoms with E-state index in [1.807, 2.05) is 61.0 Å². The molecule has 3 rings (SSSR count). The summed E-state index contributed by atoms with van der Waals surface area (Å²) in [6.07, 6.45) is 3.70. The third-order valence-electron chi connectivity index (χ3n) is 3.50. The zero-order valence-electron chi connectivity index (χ0n) is 12.3. The molecule has 0 aliphatic rings. The molecule has 1 atom stereocenters. The van der Waals surface area contributed by atoms with Crippen LogP contribution in [0.15, 0.2) is 60.2 Å². The summed E-state index contributed by atoms with van der Waals surface area (Å²) in [4.78, 5) is 13.4. The summed E-state index contributed by atoms with van der Waals surface area (Å²) in [6.45, 7) is 2.42. The average Bonchev–Trinajstić information content (AvgIpc) is 3.24. The molecule has 0 fully saturated rings. The van der Waals surface area contributed by atoms with Gasteiger partial charge in [0.05, 0.1) is 12.7 Å². The number of nitrogens with zero attached hydrogens (tertiary/aromatic N) is 2. The van der Waals surface area contributed by atoms with Gasteiger partial charge in [-0.25, -0.2) is 0 Å². The van der Waals surface area contributed by atoms with Gasteiger partial charge in [0.1, 0.15) is 6.04 Å². The van der Waals surface area contributed by atoms with E-state index in [0.717, 1.165) is 16.0 Å². The second kappa shape index (κ2) is 6.58. The SMILES string of the molecule is C[C@H](C(=O)NCc1cccs1)n1cc(-c2ccccc2)cn1. The minimum absolute atomic E-state index is 0.0314. The number of thiophene rings is 1. The van der Waals surface area contributed by atoms with Crippen molar-refractivity contribution in [2.24, 2.45) is 0 Å². The Hall–Kier alpha value is -2.40. The molecule has 1 aromatic carbocycles. The predicted molar refractivity (Wildman–Crippen MR) is 88.5 cm³/mol. The Labute approximate surface area is 133 Å². The molecular formula is C17H17N3OS. The minimum atomic E-state index is -0.336. The number of rotatable bonds is 5. The van der Waals surface area contributed by atoms with Gasteiger partial charge < -0.3 is 5.32 Å². The van der Waals surface area contributed by atoms with Crippen LogP contribution in [-0.4, -0.2) is 15.7 Å². The van der Waals surface area contributed by atoms with Gasteiger partial charge in [-0.2, -0.15) is 5.10 Å². The van der Waals surface area contributed by atoms with Crippen molar-refractivity contribution in [2.75, 3.05) is 0 Å². The van der Waals surface area contributed by atoms with Crippen molar-refractivity contribution in [2.45, 2.75) is 19.5 Å². The topological polar surface area (TPSA) is 46.9 Å². The summed E-state index contributed by atoms with van der Waals surface area (Å²) in [5.74, 6) is -0.0314. The second-order valence-electron chi connectivity index (χ2n) is 5.05. The van der Waals surface area contributed by atoms with Crippen LogP contribution in [0.4, 0.5) is 0 Å². The summed E-state index contributed by atoms with van der Waals surface area (Å²) in [6, 6.07) is 13.7. The van der Waals surface area contributed by atoms with Crippen molar-refractivity contribution >= 4 is 17.2 Å². The Morgan fingerprint density at radius 3 is 2.77 bits per heavy atom. The molecule has 0 spiro atoms. The first kappa shape index (κ1) is 14.5. The van der Waals surface area contributed by atoms with E-state index in [1.165, 1.54) is 0 Å². The monoisotopic (exact) mass is 311 g/mol. The highest BCUT2D eigenvalue weighted by Gasteiger charge is 2.16. The average molecular weight is 311 g/mol. The molecule has 2 heterocycles. The highest BCUT2D eigenvalue weighted by molar-refractivity contribution is 7.09. The Morgan fingerprint density at radius 1 is 1.23 bits per heavy atom. The summed E-state index contributed by atoms with van der Waals surface area (Å²) in [5.41, 5.74) is 2.11. The van der Waals surface area contributed by atoms with Crippen LogP contribution in [0, 0.1) is 0 Å². The predicted octanol–water partition coefficient (Wildman–Crippen LogP) is 3.49. The van der Waals surface area contributed by atoms with Crippen molar-refractivity contribution < 1.29 is 4.79 Å². The lowest BCUT2D eigenvalue weighted by Crippen LogP contribution is -2.30. The molecule has 3 aromatic rings. The van der Waals surface area contributed by atoms with Gasteiger partial charge >= 0.3 is 0 Å². The van der Waals surface area contributed by atoms with Crippen LogP contribution in [0.3, 0.4) is 0 Å². The summed E-state index contributed by atoms with van der Waals surface area (Å²) < 4.78 is 1.70. The number of amides is 1. The van der Waals surface area contributed by atoms with E-state index in [0.29, 0.717) is 6.54 Å². The largest absolute Gasteiger partial charge is 0.349 e. The van der Waals surface area contributed by atoms with Gasteiger partial charge in [0, 0.05) is 16.6 Å². The van der Waals surface area contributed by atoms with E-state index >= 15 is 0 Å². The molecule has 0 unspecified atom stereocenters. The maximum atomic E-state index is 12.2. The highest BCUT2D eigenvalue weighted by atomic mass is 32.1. The van der Waals surface area contributed by atoms with Gasteiger partial charge in [0.25, 0.3) is 0 Å². The highest BCUT2D eigenvalue weighted by Crippen LogP contribution is 2.19. The first-order chi connectivity index (χ1) is 10.7. The maximum Gasteiger partial charge on any atom is 0.244 e. The van der Waals surface area contributed by atoms with Gasteiger partial charge in [-0.05, 0) is 23.9 Å². The van der Waals surface area contributed by atoms with Crippen LogP contribution in [-0.2, 0) is 11.3 Å². The molecule has 112 valence electrons. The fourth-order valence-corrected chi connectivity index (χ4v) is 2.83. The summed E-state index contributed by atoms with van der Waals surface area (Å²) >= 11 is 1.64. The van der Waals surface area contributed by atoms with E-state index < -0.39 is 0 Å². The molecule has 0 bridgehead atoms. The number of carbonyl (C=O) groups is 1. The number of aromatic nitrogens is 2. The van der Waals surface area contributed by atoms with Crippen molar-refractivity contribution in [3.63, 3.8) is 0 Å². The van der Waals surface area contributed by atoms with Crippen LogP contribution in [0.2, 0.25) is 0 Å². The first-order valence-electron chi connectivity index (χ1n) is 7.14. The summed E-state index contributed by atoms with van der Waals surface area (Å²) in [5, 5.41) is 9.26. The number of nitrogens with one attached hydrogen (secondary N) is 1. The molecule has 0 saturated carbocycles. The van der Waals surface area contributed by atoms with Crippen LogP contribution in [0.25, 0.3) is 11.1 Å². The molecule has 2 aromatic heterocycles. The molecule has 0 aliphatic heterocycles. The molecule has 0 saturated heterocycles. The standard InChI is InChI=1S/C17H17N3OS/c1-13(17(21)18-11-16-8-5-9-22-16)20-12-15(10-19-20)14-6-3-2-4-7-14/h2-10,12-13H,11H2,1H3,(H,18,21)/t13-/m1/s1. The number of carbonyl (C=O) groups excluding carboxylic acids is 1. The van der Waals surface area contributed by atoms with Gasteiger partial charge in [-0.1, -0.05) is 36.4 Å². The van der Waals surface area contributed by atoms with E-state index in [-0.39, 0.29) is 11.9 Å². The van der Waals surface area contributed by atoms with Crippen LogP contribution < -0.4 is 5.32 Å². The van der Waals surface area contributed by atoms with Gasteiger partial charge in [-0.3, -0.25) is 9.48 Å². The lowest BCUT2D eigenvalue weighted by Gasteiger charge is -2.12. The number of benzene rings is 1. The molecule has 4 nitrogen and oxygen atoms in total. The van der Waals surface area contributed by atoms with Crippen LogP contribution in [0.5, 0.6) is 0 Å². The molecule has 1 amide bonds. The number of hydrogen-bond acceptors (Lipinski definition) is 3. The van der Waals surface area contributed by atoms with Crippen molar-refractivity contribution in [1.29, 1.82) is 0 Å². The van der Waals surface area contributed by atoms with Gasteiger partial charge in [-0.15, -0.1) is 11.3 Å². The molecule has 22 heavy (non-hydrogen) atoms. The Balaban J connectivity index is 1.66. The fourth-order valence-electron chi connectivity index (χ4n) is 2.18. The van der Waals surface area contributed by atoms with Gasteiger partial charge in [0.15, 0.2) is 0 Å². The smallest absolute Gasteiger partial charge is 0.244 e. The zero-order chi connectivity index (χ0) is 15.4. The van der Waals surface area contributed by atoms with E-state index in [2.05, 4.69) is 10.4 Å². The lowest BCUT2D eigenvalue weighted by molar-refractivity contribution is -0.124. The zero-order valence-corrected chi connectivity index (χ0v) is 13.1. The quantitative estimate of drug-likeness (QED) is 0.784. The van der Waals surface area contributed by atoms with Crippen molar-refractivity contribution in [3.05, 3.63) is 65.1 Å². The molecular weight excluding hydrogens is 294 g/mol. The summed E-state index contributed by atoms with van der Waals surface area (Å²) in [7, 11) is 0. The Bertz CT molecular complexity index is 734. The maximum absolute atomic E-state index is 12.2. The van der Waals surface area contributed by atoms with E-state index in [9.17, 15) is 4.79 Å².